The van der Waals surface area contributed by atoms with Crippen LogP contribution in [0, 0.1) is 0 Å². The predicted octanol–water partition coefficient (Wildman–Crippen LogP) is 2.31. The molecule has 0 unspecified atom stereocenters. The maximum absolute atomic E-state index is 5.99. The number of anilines is 2. The van der Waals surface area contributed by atoms with Crippen LogP contribution in [-0.4, -0.2) is 27.5 Å². The third-order valence-electron chi connectivity index (χ3n) is 5.55. The molecule has 25 heavy (non-hydrogen) atoms. The second-order valence-electron chi connectivity index (χ2n) is 7.24. The Morgan fingerprint density at radius 3 is 2.84 bits per heavy atom. The summed E-state index contributed by atoms with van der Waals surface area (Å²) in [4.78, 5) is 14.8. The highest BCUT2D eigenvalue weighted by molar-refractivity contribution is 5.85. The SMILES string of the molecule is Nc1nc(C2CC(N)C2)cc(N2CCc3c([nH]c4ccccc34)C2)n1. The fourth-order valence-electron chi connectivity index (χ4n) is 4.13. The van der Waals surface area contributed by atoms with E-state index in [0.29, 0.717) is 17.9 Å². The molecule has 0 bridgehead atoms. The molecule has 0 radical (unpaired) electrons. The van der Waals surface area contributed by atoms with Crippen molar-refractivity contribution in [3.05, 3.63) is 47.3 Å². The molecule has 1 saturated carbocycles. The predicted molar refractivity (Wildman–Crippen MR) is 99.4 cm³/mol. The number of benzene rings is 1. The second kappa shape index (κ2) is 5.46. The van der Waals surface area contributed by atoms with Crippen molar-refractivity contribution in [1.29, 1.82) is 0 Å². The number of aromatic nitrogens is 3. The first-order chi connectivity index (χ1) is 12.2. The molecule has 1 aliphatic heterocycles. The zero-order valence-corrected chi connectivity index (χ0v) is 14.1. The van der Waals surface area contributed by atoms with Crippen LogP contribution in [0.15, 0.2) is 30.3 Å². The molecule has 128 valence electrons. The van der Waals surface area contributed by atoms with E-state index in [1.54, 1.807) is 0 Å². The van der Waals surface area contributed by atoms with Gasteiger partial charge in [0.15, 0.2) is 0 Å². The Hall–Kier alpha value is -2.60. The zero-order chi connectivity index (χ0) is 17.0. The smallest absolute Gasteiger partial charge is 0.222 e. The third-order valence-corrected chi connectivity index (χ3v) is 5.55. The summed E-state index contributed by atoms with van der Waals surface area (Å²) in [6.07, 6.45) is 2.98. The van der Waals surface area contributed by atoms with Crippen LogP contribution in [0.5, 0.6) is 0 Å². The number of para-hydroxylation sites is 1. The molecule has 5 N–H and O–H groups in total. The van der Waals surface area contributed by atoms with E-state index in [2.05, 4.69) is 50.2 Å². The van der Waals surface area contributed by atoms with Gasteiger partial charge in [-0.1, -0.05) is 18.2 Å². The van der Waals surface area contributed by atoms with Crippen molar-refractivity contribution >= 4 is 22.7 Å². The van der Waals surface area contributed by atoms with E-state index < -0.39 is 0 Å². The Kier molecular flexibility index (Phi) is 3.21. The fourth-order valence-corrected chi connectivity index (χ4v) is 4.13. The van der Waals surface area contributed by atoms with Crippen LogP contribution in [0.3, 0.4) is 0 Å². The van der Waals surface area contributed by atoms with Crippen molar-refractivity contribution in [2.24, 2.45) is 5.73 Å². The van der Waals surface area contributed by atoms with E-state index in [0.717, 1.165) is 43.9 Å². The first-order valence-corrected chi connectivity index (χ1v) is 8.91. The summed E-state index contributed by atoms with van der Waals surface area (Å²) in [7, 11) is 0. The topological polar surface area (TPSA) is 96.8 Å². The lowest BCUT2D eigenvalue weighted by atomic mass is 9.78. The Bertz CT molecular complexity index is 940. The van der Waals surface area contributed by atoms with Crippen LogP contribution >= 0.6 is 0 Å². The quantitative estimate of drug-likeness (QED) is 0.668. The summed E-state index contributed by atoms with van der Waals surface area (Å²) in [5.41, 5.74) is 16.9. The average Bonchev–Trinajstić information content (AvgIpc) is 2.96. The number of nitrogens with one attached hydrogen (secondary N) is 1. The van der Waals surface area contributed by atoms with E-state index in [4.69, 9.17) is 11.5 Å². The molecule has 6 nitrogen and oxygen atoms in total. The molecule has 2 aliphatic rings. The van der Waals surface area contributed by atoms with Crippen molar-refractivity contribution in [2.75, 3.05) is 17.2 Å². The van der Waals surface area contributed by atoms with Crippen molar-refractivity contribution in [3.63, 3.8) is 0 Å². The van der Waals surface area contributed by atoms with Crippen LogP contribution < -0.4 is 16.4 Å². The lowest BCUT2D eigenvalue weighted by Crippen LogP contribution is -2.36. The zero-order valence-electron chi connectivity index (χ0n) is 14.1. The molecule has 0 atom stereocenters. The summed E-state index contributed by atoms with van der Waals surface area (Å²) >= 11 is 0. The first kappa shape index (κ1) is 14.7. The second-order valence-corrected chi connectivity index (χ2v) is 7.24. The first-order valence-electron chi connectivity index (χ1n) is 8.91. The molecule has 0 spiro atoms. The number of rotatable bonds is 2. The van der Waals surface area contributed by atoms with Crippen molar-refractivity contribution < 1.29 is 0 Å². The summed E-state index contributed by atoms with van der Waals surface area (Å²) < 4.78 is 0. The van der Waals surface area contributed by atoms with E-state index in [-0.39, 0.29) is 0 Å². The Balaban J connectivity index is 1.46. The fraction of sp³-hybridized carbons (Fsp3) is 0.368. The number of nitrogens with two attached hydrogens (primary N) is 2. The van der Waals surface area contributed by atoms with Gasteiger partial charge in [-0.25, -0.2) is 4.98 Å². The van der Waals surface area contributed by atoms with Gasteiger partial charge in [-0.15, -0.1) is 0 Å². The van der Waals surface area contributed by atoms with Crippen LogP contribution in [0.4, 0.5) is 11.8 Å². The van der Waals surface area contributed by atoms with Crippen LogP contribution in [0.1, 0.15) is 35.7 Å². The third kappa shape index (κ3) is 2.44. The van der Waals surface area contributed by atoms with E-state index >= 15 is 0 Å². The highest BCUT2D eigenvalue weighted by Gasteiger charge is 2.30. The molecule has 0 amide bonds. The minimum atomic E-state index is 0.300. The molecule has 2 aromatic heterocycles. The number of nitrogen functional groups attached to an aromatic ring is 1. The van der Waals surface area contributed by atoms with Gasteiger partial charge in [-0.3, -0.25) is 0 Å². The van der Waals surface area contributed by atoms with E-state index in [1.807, 2.05) is 0 Å². The van der Waals surface area contributed by atoms with Gasteiger partial charge in [0, 0.05) is 41.2 Å². The van der Waals surface area contributed by atoms with E-state index in [9.17, 15) is 0 Å². The van der Waals surface area contributed by atoms with Crippen LogP contribution in [0.25, 0.3) is 10.9 Å². The van der Waals surface area contributed by atoms with Crippen LogP contribution in [0.2, 0.25) is 0 Å². The maximum Gasteiger partial charge on any atom is 0.222 e. The lowest BCUT2D eigenvalue weighted by Gasteiger charge is -2.33. The highest BCUT2D eigenvalue weighted by atomic mass is 15.2. The number of hydrogen-bond donors (Lipinski definition) is 3. The molecule has 3 aromatic rings. The number of nitrogens with zero attached hydrogens (tertiary/aromatic N) is 3. The maximum atomic E-state index is 5.99. The van der Waals surface area contributed by atoms with Crippen molar-refractivity contribution in [2.45, 2.75) is 37.8 Å². The molecule has 1 aliphatic carbocycles. The molecule has 1 aromatic carbocycles. The average molecular weight is 334 g/mol. The summed E-state index contributed by atoms with van der Waals surface area (Å²) in [6.45, 7) is 1.76. The van der Waals surface area contributed by atoms with Gasteiger partial charge in [0.2, 0.25) is 5.95 Å². The number of fused-ring (bicyclic) bond motifs is 3. The molecule has 3 heterocycles. The van der Waals surface area contributed by atoms with E-state index in [1.165, 1.54) is 22.2 Å². The standard InChI is InChI=1S/C19H22N6/c20-12-7-11(8-12)16-9-18(24-19(21)23-16)25-6-5-14-13-3-1-2-4-15(13)22-17(14)10-25/h1-4,9,11-12,22H,5-8,10,20H2,(H2,21,23,24). The van der Waals surface area contributed by atoms with Crippen molar-refractivity contribution in [3.8, 4) is 0 Å². The Morgan fingerprint density at radius 1 is 1.16 bits per heavy atom. The molecule has 1 fully saturated rings. The monoisotopic (exact) mass is 334 g/mol. The summed E-state index contributed by atoms with van der Waals surface area (Å²) in [5.74, 6) is 1.70. The number of aromatic amines is 1. The summed E-state index contributed by atoms with van der Waals surface area (Å²) in [6, 6.07) is 10.9. The number of hydrogen-bond acceptors (Lipinski definition) is 5. The van der Waals surface area contributed by atoms with Gasteiger partial charge in [0.1, 0.15) is 5.82 Å². The molecular weight excluding hydrogens is 312 g/mol. The van der Waals surface area contributed by atoms with Crippen molar-refractivity contribution in [1.82, 2.24) is 15.0 Å². The minimum absolute atomic E-state index is 0.300. The molecular formula is C19H22N6. The van der Waals surface area contributed by atoms with Crippen LogP contribution in [-0.2, 0) is 13.0 Å². The Labute approximate surface area is 146 Å². The lowest BCUT2D eigenvalue weighted by molar-refractivity contribution is 0.345. The molecule has 6 heteroatoms. The van der Waals surface area contributed by atoms with Gasteiger partial charge >= 0.3 is 0 Å². The Morgan fingerprint density at radius 2 is 2.00 bits per heavy atom. The van der Waals surface area contributed by atoms with Gasteiger partial charge < -0.3 is 21.4 Å². The normalized spacial score (nSPS) is 22.7. The highest BCUT2D eigenvalue weighted by Crippen LogP contribution is 2.36. The van der Waals surface area contributed by atoms with Gasteiger partial charge in [-0.05, 0) is 30.9 Å². The minimum Gasteiger partial charge on any atom is -0.368 e. The largest absolute Gasteiger partial charge is 0.368 e. The van der Waals surface area contributed by atoms with Gasteiger partial charge in [-0.2, -0.15) is 4.98 Å². The van der Waals surface area contributed by atoms with Gasteiger partial charge in [0.05, 0.1) is 12.2 Å². The number of H-pyrrole nitrogens is 1. The molecule has 0 saturated heterocycles. The molecule has 5 rings (SSSR count). The van der Waals surface area contributed by atoms with Gasteiger partial charge in [0.25, 0.3) is 0 Å². The summed E-state index contributed by atoms with van der Waals surface area (Å²) in [5, 5.41) is 1.34.